The summed E-state index contributed by atoms with van der Waals surface area (Å²) in [7, 11) is 0. The van der Waals surface area contributed by atoms with Gasteiger partial charge < -0.3 is 4.42 Å². The molecule has 0 aliphatic carbocycles. The Kier molecular flexibility index (Phi) is 2.69. The van der Waals surface area contributed by atoms with Crippen LogP contribution in [0.4, 0.5) is 0 Å². The third kappa shape index (κ3) is 2.80. The molecule has 130 valence electrons. The standard InChI is InChI=1S/C25H19NO/c1-17-11-13-22(26-16-17)19-12-14-24-25(20-9-5-6-10-23(20)27-24)21(19)15-18-7-3-2-4-8-18/h2-14,16H,15H2,1H3/i1D3,15D2. The third-order valence-electron chi connectivity index (χ3n) is 4.63. The lowest BCUT2D eigenvalue weighted by Crippen LogP contribution is -1.95. The van der Waals surface area contributed by atoms with Crippen molar-refractivity contribution in [3.8, 4) is 11.3 Å². The van der Waals surface area contributed by atoms with Crippen molar-refractivity contribution in [3.63, 3.8) is 0 Å². The van der Waals surface area contributed by atoms with Crippen LogP contribution in [0.2, 0.25) is 0 Å². The van der Waals surface area contributed by atoms with Gasteiger partial charge in [-0.05, 0) is 54.2 Å². The summed E-state index contributed by atoms with van der Waals surface area (Å²) >= 11 is 0. The summed E-state index contributed by atoms with van der Waals surface area (Å²) in [5.41, 5.74) is 3.46. The van der Waals surface area contributed by atoms with E-state index < -0.39 is 13.2 Å². The molecule has 2 nitrogen and oxygen atoms in total. The van der Waals surface area contributed by atoms with Gasteiger partial charge in [0.1, 0.15) is 11.2 Å². The molecule has 5 rings (SSSR count). The molecule has 0 saturated carbocycles. The van der Waals surface area contributed by atoms with Gasteiger partial charge in [0.15, 0.2) is 0 Å². The molecule has 5 aromatic rings. The maximum Gasteiger partial charge on any atom is 0.135 e. The molecule has 0 aliphatic heterocycles. The number of para-hydroxylation sites is 1. The van der Waals surface area contributed by atoms with E-state index in [1.54, 1.807) is 24.3 Å². The Hall–Kier alpha value is -3.39. The summed E-state index contributed by atoms with van der Waals surface area (Å²) < 4.78 is 47.1. The number of fused-ring (bicyclic) bond motifs is 3. The smallest absolute Gasteiger partial charge is 0.135 e. The van der Waals surface area contributed by atoms with Gasteiger partial charge in [-0.1, -0.05) is 54.6 Å². The summed E-state index contributed by atoms with van der Waals surface area (Å²) in [6.07, 6.45) is -0.519. The molecule has 2 heterocycles. The maximum absolute atomic E-state index is 9.14. The van der Waals surface area contributed by atoms with Crippen LogP contribution in [-0.2, 0) is 6.37 Å². The van der Waals surface area contributed by atoms with Crippen LogP contribution in [0.25, 0.3) is 33.2 Å². The highest BCUT2D eigenvalue weighted by molar-refractivity contribution is 6.08. The van der Waals surface area contributed by atoms with Crippen LogP contribution in [0.1, 0.15) is 23.5 Å². The van der Waals surface area contributed by atoms with Crippen LogP contribution in [-0.4, -0.2) is 4.98 Å². The van der Waals surface area contributed by atoms with Crippen LogP contribution in [0.15, 0.2) is 89.5 Å². The van der Waals surface area contributed by atoms with E-state index >= 15 is 0 Å². The molecule has 0 amide bonds. The molecule has 0 aliphatic rings. The second-order valence-electron chi connectivity index (χ2n) is 6.38. The molecule has 2 heteroatoms. The van der Waals surface area contributed by atoms with Crippen LogP contribution >= 0.6 is 0 Å². The van der Waals surface area contributed by atoms with Crippen molar-refractivity contribution in [1.82, 2.24) is 4.98 Å². The Bertz CT molecular complexity index is 1420. The average molecular weight is 354 g/mol. The number of pyridine rings is 1. The lowest BCUT2D eigenvalue weighted by atomic mass is 9.93. The van der Waals surface area contributed by atoms with E-state index in [2.05, 4.69) is 4.98 Å². The van der Waals surface area contributed by atoms with Crippen LogP contribution in [0, 0.1) is 6.85 Å². The van der Waals surface area contributed by atoms with E-state index in [1.165, 1.54) is 12.3 Å². The number of aryl methyl sites for hydroxylation is 1. The first-order valence-corrected chi connectivity index (χ1v) is 8.74. The van der Waals surface area contributed by atoms with Crippen molar-refractivity contribution in [1.29, 1.82) is 0 Å². The van der Waals surface area contributed by atoms with E-state index in [1.807, 2.05) is 48.5 Å². The Labute approximate surface area is 165 Å². The lowest BCUT2D eigenvalue weighted by Gasteiger charge is -2.11. The van der Waals surface area contributed by atoms with Crippen molar-refractivity contribution in [2.24, 2.45) is 0 Å². The highest BCUT2D eigenvalue weighted by Gasteiger charge is 2.16. The van der Waals surface area contributed by atoms with E-state index in [-0.39, 0.29) is 5.56 Å². The maximum atomic E-state index is 9.14. The average Bonchev–Trinajstić information content (AvgIpc) is 3.17. The number of nitrogens with zero attached hydrogens (tertiary/aromatic N) is 1. The molecule has 0 saturated heterocycles. The Morgan fingerprint density at radius 2 is 1.74 bits per heavy atom. The third-order valence-corrected chi connectivity index (χ3v) is 4.63. The van der Waals surface area contributed by atoms with Gasteiger partial charge in [-0.25, -0.2) is 0 Å². The van der Waals surface area contributed by atoms with E-state index in [0.717, 1.165) is 5.39 Å². The Balaban J connectivity index is 1.84. The van der Waals surface area contributed by atoms with Gasteiger partial charge in [-0.15, -0.1) is 0 Å². The number of hydrogen-bond donors (Lipinski definition) is 0. The van der Waals surface area contributed by atoms with Crippen molar-refractivity contribution >= 4 is 21.9 Å². The topological polar surface area (TPSA) is 26.0 Å². The predicted molar refractivity (Wildman–Crippen MR) is 111 cm³/mol. The minimum absolute atomic E-state index is 0.142. The Morgan fingerprint density at radius 1 is 0.889 bits per heavy atom. The molecule has 2 aromatic heterocycles. The van der Waals surface area contributed by atoms with Crippen LogP contribution in [0.3, 0.4) is 0 Å². The Morgan fingerprint density at radius 3 is 2.56 bits per heavy atom. The van der Waals surface area contributed by atoms with E-state index in [9.17, 15) is 0 Å². The molecule has 0 N–H and O–H groups in total. The molecule has 0 bridgehead atoms. The second kappa shape index (κ2) is 6.40. The van der Waals surface area contributed by atoms with E-state index in [0.29, 0.717) is 38.9 Å². The van der Waals surface area contributed by atoms with Gasteiger partial charge in [-0.3, -0.25) is 4.98 Å². The molecule has 0 unspecified atom stereocenters. The fraction of sp³-hybridized carbons (Fsp3) is 0.0800. The zero-order chi connectivity index (χ0) is 22.5. The molecule has 27 heavy (non-hydrogen) atoms. The van der Waals surface area contributed by atoms with Crippen molar-refractivity contribution < 1.29 is 11.3 Å². The summed E-state index contributed by atoms with van der Waals surface area (Å²) in [6.45, 7) is -2.25. The lowest BCUT2D eigenvalue weighted by molar-refractivity contribution is 0.669. The first kappa shape index (κ1) is 11.3. The molecular weight excluding hydrogens is 330 g/mol. The summed E-state index contributed by atoms with van der Waals surface area (Å²) in [5, 5.41) is 1.51. The van der Waals surface area contributed by atoms with E-state index in [4.69, 9.17) is 11.3 Å². The van der Waals surface area contributed by atoms with Gasteiger partial charge >= 0.3 is 0 Å². The number of hydrogen-bond acceptors (Lipinski definition) is 2. The first-order valence-electron chi connectivity index (χ1n) is 11.2. The van der Waals surface area contributed by atoms with Crippen molar-refractivity contribution in [2.45, 2.75) is 13.2 Å². The van der Waals surface area contributed by atoms with Gasteiger partial charge in [0.25, 0.3) is 0 Å². The van der Waals surface area contributed by atoms with Crippen LogP contribution in [0.5, 0.6) is 0 Å². The summed E-state index contributed by atoms with van der Waals surface area (Å²) in [4.78, 5) is 4.40. The van der Waals surface area contributed by atoms with Gasteiger partial charge in [-0.2, -0.15) is 0 Å². The zero-order valence-corrected chi connectivity index (χ0v) is 14.4. The highest BCUT2D eigenvalue weighted by Crippen LogP contribution is 2.37. The quantitative estimate of drug-likeness (QED) is 0.367. The number of rotatable bonds is 3. The van der Waals surface area contributed by atoms with Gasteiger partial charge in [0.05, 0.1) is 5.69 Å². The normalized spacial score (nSPS) is 15.0. The molecule has 3 aromatic carbocycles. The minimum atomic E-state index is -2.25. The van der Waals surface area contributed by atoms with Gasteiger partial charge in [0.2, 0.25) is 0 Å². The molecule has 0 fully saturated rings. The summed E-state index contributed by atoms with van der Waals surface area (Å²) in [5.74, 6) is 0. The molecule has 0 atom stereocenters. The minimum Gasteiger partial charge on any atom is -0.456 e. The number of furan rings is 1. The largest absolute Gasteiger partial charge is 0.456 e. The van der Waals surface area contributed by atoms with Crippen molar-refractivity contribution in [3.05, 3.63) is 102 Å². The fourth-order valence-electron chi connectivity index (χ4n) is 3.38. The monoisotopic (exact) mass is 354 g/mol. The SMILES string of the molecule is [2H]C([2H])([2H])c1ccc(-c2ccc3oc4ccccc4c3c2C([2H])([2H])c2ccccc2)nc1. The molecular formula is C25H19NO. The number of benzene rings is 3. The zero-order valence-electron chi connectivity index (χ0n) is 19.4. The second-order valence-corrected chi connectivity index (χ2v) is 6.38. The fourth-order valence-corrected chi connectivity index (χ4v) is 3.38. The van der Waals surface area contributed by atoms with Gasteiger partial charge in [0, 0.05) is 29.4 Å². The molecule has 0 radical (unpaired) electrons. The first-order chi connectivity index (χ1) is 15.3. The van der Waals surface area contributed by atoms with Crippen molar-refractivity contribution in [2.75, 3.05) is 0 Å². The number of aromatic nitrogens is 1. The molecule has 0 spiro atoms. The highest BCUT2D eigenvalue weighted by atomic mass is 16.3. The summed E-state index contributed by atoms with van der Waals surface area (Å²) in [6, 6.07) is 23.3. The van der Waals surface area contributed by atoms with Crippen LogP contribution < -0.4 is 0 Å². The predicted octanol–water partition coefficient (Wildman–Crippen LogP) is 6.55.